The van der Waals surface area contributed by atoms with Crippen LogP contribution >= 0.6 is 11.6 Å². The smallest absolute Gasteiger partial charge is 0.151 e. The van der Waals surface area contributed by atoms with E-state index in [1.807, 2.05) is 0 Å². The molecule has 2 rings (SSSR count). The molecule has 5 heteroatoms. The topological polar surface area (TPSA) is 60.2 Å². The van der Waals surface area contributed by atoms with Gasteiger partial charge in [-0.25, -0.2) is 4.98 Å². The van der Waals surface area contributed by atoms with Gasteiger partial charge in [-0.1, -0.05) is 11.6 Å². The van der Waals surface area contributed by atoms with Gasteiger partial charge in [0.05, 0.1) is 5.69 Å². The molecule has 1 aromatic rings. The van der Waals surface area contributed by atoms with Crippen LogP contribution in [0.25, 0.3) is 0 Å². The van der Waals surface area contributed by atoms with E-state index in [1.165, 1.54) is 0 Å². The van der Waals surface area contributed by atoms with Gasteiger partial charge in [-0.3, -0.25) is 0 Å². The molecule has 0 saturated carbocycles. The fourth-order valence-corrected chi connectivity index (χ4v) is 1.74. The van der Waals surface area contributed by atoms with Gasteiger partial charge in [0, 0.05) is 19.3 Å². The van der Waals surface area contributed by atoms with Crippen LogP contribution in [0.3, 0.4) is 0 Å². The number of ether oxygens (including phenoxy) is 1. The fraction of sp³-hybridized carbons (Fsp3) is 0.500. The van der Waals surface area contributed by atoms with Crippen molar-refractivity contribution in [3.8, 4) is 0 Å². The molecule has 0 spiro atoms. The van der Waals surface area contributed by atoms with Crippen molar-refractivity contribution in [2.75, 3.05) is 24.3 Å². The summed E-state index contributed by atoms with van der Waals surface area (Å²) in [5.41, 5.74) is 6.42. The van der Waals surface area contributed by atoms with Gasteiger partial charge in [0.25, 0.3) is 0 Å². The van der Waals surface area contributed by atoms with Gasteiger partial charge >= 0.3 is 0 Å². The molecular formula is C10H14ClN3O. The van der Waals surface area contributed by atoms with Crippen LogP contribution in [0.4, 0.5) is 11.5 Å². The molecule has 2 heterocycles. The second kappa shape index (κ2) is 4.68. The first-order valence-corrected chi connectivity index (χ1v) is 5.40. The van der Waals surface area contributed by atoms with Crippen molar-refractivity contribution in [1.29, 1.82) is 0 Å². The van der Waals surface area contributed by atoms with Crippen LogP contribution in [0.15, 0.2) is 12.1 Å². The van der Waals surface area contributed by atoms with Crippen molar-refractivity contribution >= 4 is 23.1 Å². The largest absolute Gasteiger partial charge is 0.396 e. The molecule has 0 amide bonds. The molecule has 0 aromatic carbocycles. The highest BCUT2D eigenvalue weighted by Gasteiger charge is 2.15. The lowest BCUT2D eigenvalue weighted by Crippen LogP contribution is -2.28. The predicted molar refractivity (Wildman–Crippen MR) is 61.1 cm³/mol. The van der Waals surface area contributed by atoms with E-state index in [2.05, 4.69) is 10.3 Å². The zero-order valence-electron chi connectivity index (χ0n) is 8.37. The van der Waals surface area contributed by atoms with E-state index >= 15 is 0 Å². The van der Waals surface area contributed by atoms with E-state index in [1.54, 1.807) is 12.1 Å². The van der Waals surface area contributed by atoms with Gasteiger partial charge in [-0.05, 0) is 25.0 Å². The summed E-state index contributed by atoms with van der Waals surface area (Å²) in [6.45, 7) is 1.58. The maximum atomic E-state index is 5.80. The van der Waals surface area contributed by atoms with Crippen LogP contribution in [0.5, 0.6) is 0 Å². The number of nitrogens with two attached hydrogens (primary N) is 1. The van der Waals surface area contributed by atoms with Crippen LogP contribution in [0, 0.1) is 0 Å². The number of halogens is 1. The van der Waals surface area contributed by atoms with Crippen molar-refractivity contribution in [3.63, 3.8) is 0 Å². The van der Waals surface area contributed by atoms with Crippen molar-refractivity contribution in [2.24, 2.45) is 0 Å². The fourth-order valence-electron chi connectivity index (χ4n) is 1.60. The lowest BCUT2D eigenvalue weighted by Gasteiger charge is -2.24. The molecule has 4 nitrogen and oxygen atoms in total. The summed E-state index contributed by atoms with van der Waals surface area (Å²) in [5.74, 6) is 0.675. The normalized spacial score (nSPS) is 17.7. The summed E-state index contributed by atoms with van der Waals surface area (Å²) in [6, 6.07) is 3.83. The minimum Gasteiger partial charge on any atom is -0.396 e. The highest BCUT2D eigenvalue weighted by atomic mass is 35.5. The highest BCUT2D eigenvalue weighted by Crippen LogP contribution is 2.21. The first-order chi connectivity index (χ1) is 7.25. The summed E-state index contributed by atoms with van der Waals surface area (Å²) in [4.78, 5) is 4.16. The third kappa shape index (κ3) is 2.73. The summed E-state index contributed by atoms with van der Waals surface area (Å²) in [5, 5.41) is 3.75. The Labute approximate surface area is 93.8 Å². The molecular weight excluding hydrogens is 214 g/mol. The first-order valence-electron chi connectivity index (χ1n) is 5.02. The minimum absolute atomic E-state index is 0.381. The van der Waals surface area contributed by atoms with E-state index in [0.29, 0.717) is 22.7 Å². The number of hydrogen-bond acceptors (Lipinski definition) is 4. The molecule has 0 atom stereocenters. The Balaban J connectivity index is 2.05. The molecule has 0 aliphatic carbocycles. The van der Waals surface area contributed by atoms with Gasteiger partial charge in [0.1, 0.15) is 5.15 Å². The lowest BCUT2D eigenvalue weighted by molar-refractivity contribution is 0.0904. The Morgan fingerprint density at radius 2 is 2.13 bits per heavy atom. The highest BCUT2D eigenvalue weighted by molar-refractivity contribution is 6.29. The van der Waals surface area contributed by atoms with Gasteiger partial charge in [0.2, 0.25) is 0 Å². The lowest BCUT2D eigenvalue weighted by atomic mass is 10.1. The molecule has 0 bridgehead atoms. The van der Waals surface area contributed by atoms with Gasteiger partial charge < -0.3 is 15.8 Å². The molecule has 1 fully saturated rings. The maximum absolute atomic E-state index is 5.80. The predicted octanol–water partition coefficient (Wildman–Crippen LogP) is 1.91. The third-order valence-electron chi connectivity index (χ3n) is 2.45. The van der Waals surface area contributed by atoms with Crippen LogP contribution in [0.2, 0.25) is 5.15 Å². The van der Waals surface area contributed by atoms with Crippen LogP contribution in [-0.4, -0.2) is 24.2 Å². The zero-order chi connectivity index (χ0) is 10.7. The standard InChI is InChI=1S/C10H14ClN3O/c11-9-2-1-8(12)10(14-9)13-7-3-5-15-6-4-7/h1-2,7H,3-6,12H2,(H,13,14). The van der Waals surface area contributed by atoms with Crippen molar-refractivity contribution < 1.29 is 4.74 Å². The van der Waals surface area contributed by atoms with Gasteiger partial charge in [-0.2, -0.15) is 0 Å². The van der Waals surface area contributed by atoms with Crippen molar-refractivity contribution in [1.82, 2.24) is 4.98 Å². The number of hydrogen-bond donors (Lipinski definition) is 2. The molecule has 0 radical (unpaired) electrons. The number of rotatable bonds is 2. The summed E-state index contributed by atoms with van der Waals surface area (Å²) in [6.07, 6.45) is 1.96. The second-order valence-corrected chi connectivity index (χ2v) is 3.99. The number of nitrogen functional groups attached to an aromatic ring is 1. The van der Waals surface area contributed by atoms with E-state index in [0.717, 1.165) is 26.1 Å². The zero-order valence-corrected chi connectivity index (χ0v) is 9.13. The minimum atomic E-state index is 0.381. The van der Waals surface area contributed by atoms with Crippen LogP contribution < -0.4 is 11.1 Å². The molecule has 1 saturated heterocycles. The van der Waals surface area contributed by atoms with Crippen LogP contribution in [0.1, 0.15) is 12.8 Å². The maximum Gasteiger partial charge on any atom is 0.151 e. The van der Waals surface area contributed by atoms with E-state index in [-0.39, 0.29) is 0 Å². The number of nitrogens with one attached hydrogen (secondary N) is 1. The number of anilines is 2. The summed E-state index contributed by atoms with van der Waals surface area (Å²) >= 11 is 5.80. The molecule has 3 N–H and O–H groups in total. The monoisotopic (exact) mass is 227 g/mol. The second-order valence-electron chi connectivity index (χ2n) is 3.60. The van der Waals surface area contributed by atoms with E-state index in [9.17, 15) is 0 Å². The molecule has 82 valence electrons. The number of pyridine rings is 1. The Kier molecular flexibility index (Phi) is 3.28. The SMILES string of the molecule is Nc1ccc(Cl)nc1NC1CCOCC1. The Morgan fingerprint density at radius 3 is 2.87 bits per heavy atom. The van der Waals surface area contributed by atoms with Crippen molar-refractivity contribution in [3.05, 3.63) is 17.3 Å². The average molecular weight is 228 g/mol. The molecule has 15 heavy (non-hydrogen) atoms. The van der Waals surface area contributed by atoms with Gasteiger partial charge in [-0.15, -0.1) is 0 Å². The Bertz CT molecular complexity index is 339. The Morgan fingerprint density at radius 1 is 1.40 bits per heavy atom. The van der Waals surface area contributed by atoms with Crippen molar-refractivity contribution in [2.45, 2.75) is 18.9 Å². The molecule has 1 aliphatic rings. The average Bonchev–Trinajstić information content (AvgIpc) is 2.25. The first kappa shape index (κ1) is 10.5. The Hall–Kier alpha value is -1.00. The third-order valence-corrected chi connectivity index (χ3v) is 2.67. The van der Waals surface area contributed by atoms with E-state index < -0.39 is 0 Å². The quantitative estimate of drug-likeness (QED) is 0.758. The number of aromatic nitrogens is 1. The van der Waals surface area contributed by atoms with Crippen LogP contribution in [-0.2, 0) is 4.74 Å². The van der Waals surface area contributed by atoms with Gasteiger partial charge in [0.15, 0.2) is 5.82 Å². The molecule has 1 aliphatic heterocycles. The summed E-state index contributed by atoms with van der Waals surface area (Å²) < 4.78 is 5.27. The van der Waals surface area contributed by atoms with E-state index in [4.69, 9.17) is 22.1 Å². The molecule has 0 unspecified atom stereocenters. The summed E-state index contributed by atoms with van der Waals surface area (Å²) in [7, 11) is 0. The molecule has 1 aromatic heterocycles. The number of nitrogens with zero attached hydrogens (tertiary/aromatic N) is 1.